The van der Waals surface area contributed by atoms with Gasteiger partial charge in [0, 0.05) is 5.56 Å². The molecule has 64 valence electrons. The molecule has 0 bridgehead atoms. The third-order valence-corrected chi connectivity index (χ3v) is 1.71. The second-order valence-corrected chi connectivity index (χ2v) is 2.76. The lowest BCUT2D eigenvalue weighted by molar-refractivity contribution is 0.101. The number of Topliss-reactive ketones (excluding diaryl/α,β-unsaturated/α-hetero) is 1. The van der Waals surface area contributed by atoms with Crippen molar-refractivity contribution in [2.45, 2.75) is 27.2 Å². The lowest BCUT2D eigenvalue weighted by Crippen LogP contribution is -2.04. The molecule has 1 aromatic heterocycles. The Morgan fingerprint density at radius 3 is 2.67 bits per heavy atom. The van der Waals surface area contributed by atoms with Gasteiger partial charge in [0.1, 0.15) is 0 Å². The van der Waals surface area contributed by atoms with Crippen molar-refractivity contribution >= 4 is 5.78 Å². The quantitative estimate of drug-likeness (QED) is 0.623. The number of rotatable bonds is 2. The van der Waals surface area contributed by atoms with Crippen LogP contribution in [-0.4, -0.2) is 16.0 Å². The number of hydrogen-bond acceptors (Lipinski definition) is 3. The lowest BCUT2D eigenvalue weighted by Gasteiger charge is -2.02. The smallest absolute Gasteiger partial charge is 0.161 e. The summed E-state index contributed by atoms with van der Waals surface area (Å²) in [6.07, 6.45) is 0.752. The van der Waals surface area contributed by atoms with Crippen LogP contribution in [-0.2, 0) is 6.42 Å². The minimum absolute atomic E-state index is 0.0600. The molecule has 0 amide bonds. The molecule has 1 heterocycles. The van der Waals surface area contributed by atoms with Crippen LogP contribution in [0.25, 0.3) is 0 Å². The Balaban J connectivity index is 3.21. The summed E-state index contributed by atoms with van der Waals surface area (Å²) >= 11 is 0. The van der Waals surface area contributed by atoms with Crippen molar-refractivity contribution in [2.75, 3.05) is 0 Å². The second-order valence-electron chi connectivity index (χ2n) is 2.76. The molecule has 0 fully saturated rings. The molecule has 1 rings (SSSR count). The van der Waals surface area contributed by atoms with Gasteiger partial charge >= 0.3 is 0 Å². The van der Waals surface area contributed by atoms with Gasteiger partial charge in [-0.3, -0.25) is 4.79 Å². The first-order chi connectivity index (χ1) is 5.65. The summed E-state index contributed by atoms with van der Waals surface area (Å²) in [6.45, 7) is 5.35. The van der Waals surface area contributed by atoms with E-state index in [2.05, 4.69) is 10.2 Å². The molecule has 3 nitrogen and oxygen atoms in total. The summed E-state index contributed by atoms with van der Waals surface area (Å²) in [5.41, 5.74) is 2.27. The molecule has 0 N–H and O–H groups in total. The fourth-order valence-corrected chi connectivity index (χ4v) is 1.08. The first-order valence-corrected chi connectivity index (χ1v) is 3.99. The zero-order chi connectivity index (χ0) is 9.14. The summed E-state index contributed by atoms with van der Waals surface area (Å²) in [5.74, 6) is 0.0600. The number of ketones is 1. The van der Waals surface area contributed by atoms with E-state index in [0.29, 0.717) is 5.56 Å². The van der Waals surface area contributed by atoms with Crippen LogP contribution >= 0.6 is 0 Å². The number of aromatic nitrogens is 2. The molecule has 0 aliphatic heterocycles. The molecule has 3 heteroatoms. The predicted molar refractivity (Wildman–Crippen MR) is 46.2 cm³/mol. The molecule has 1 aromatic rings. The summed E-state index contributed by atoms with van der Waals surface area (Å²) < 4.78 is 0. The van der Waals surface area contributed by atoms with E-state index in [1.54, 1.807) is 13.0 Å². The van der Waals surface area contributed by atoms with Crippen LogP contribution in [0.1, 0.15) is 35.6 Å². The molecular formula is C9H12N2O. The van der Waals surface area contributed by atoms with E-state index in [-0.39, 0.29) is 5.78 Å². The van der Waals surface area contributed by atoms with E-state index in [4.69, 9.17) is 0 Å². The van der Waals surface area contributed by atoms with Crippen LogP contribution in [0.4, 0.5) is 0 Å². The molecule has 0 aliphatic carbocycles. The third-order valence-electron chi connectivity index (χ3n) is 1.71. The fourth-order valence-electron chi connectivity index (χ4n) is 1.08. The second kappa shape index (κ2) is 3.43. The molecular weight excluding hydrogens is 152 g/mol. The van der Waals surface area contributed by atoms with E-state index < -0.39 is 0 Å². The Hall–Kier alpha value is -1.25. The number of nitrogens with zero attached hydrogens (tertiary/aromatic N) is 2. The monoisotopic (exact) mass is 164 g/mol. The van der Waals surface area contributed by atoms with Gasteiger partial charge in [0.05, 0.1) is 11.4 Å². The molecule has 0 unspecified atom stereocenters. The van der Waals surface area contributed by atoms with Crippen LogP contribution in [0.3, 0.4) is 0 Å². The normalized spacial score (nSPS) is 9.92. The van der Waals surface area contributed by atoms with E-state index in [9.17, 15) is 4.79 Å². The first-order valence-electron chi connectivity index (χ1n) is 3.99. The van der Waals surface area contributed by atoms with Crippen molar-refractivity contribution < 1.29 is 4.79 Å². The Bertz CT molecular complexity index is 307. The molecule has 0 spiro atoms. The van der Waals surface area contributed by atoms with Crippen LogP contribution in [0.2, 0.25) is 0 Å². The number of carbonyl (C=O) groups excluding carboxylic acids is 1. The van der Waals surface area contributed by atoms with Gasteiger partial charge in [-0.25, -0.2) is 0 Å². The maximum atomic E-state index is 11.1. The molecule has 0 atom stereocenters. The van der Waals surface area contributed by atoms with Crippen molar-refractivity contribution in [3.05, 3.63) is 23.0 Å². The van der Waals surface area contributed by atoms with Gasteiger partial charge in [0.25, 0.3) is 0 Å². The van der Waals surface area contributed by atoms with Gasteiger partial charge in [0.2, 0.25) is 0 Å². The van der Waals surface area contributed by atoms with Gasteiger partial charge in [0.15, 0.2) is 5.78 Å². The van der Waals surface area contributed by atoms with E-state index in [1.165, 1.54) is 0 Å². The largest absolute Gasteiger partial charge is 0.294 e. The van der Waals surface area contributed by atoms with E-state index in [0.717, 1.165) is 17.8 Å². The summed E-state index contributed by atoms with van der Waals surface area (Å²) in [6, 6.07) is 1.79. The zero-order valence-corrected chi connectivity index (χ0v) is 7.59. The minimum atomic E-state index is 0.0600. The first kappa shape index (κ1) is 8.84. The minimum Gasteiger partial charge on any atom is -0.294 e. The Labute approximate surface area is 71.8 Å². The molecule has 0 radical (unpaired) electrons. The number of hydrogen-bond donors (Lipinski definition) is 0. The predicted octanol–water partition coefficient (Wildman–Crippen LogP) is 1.55. The maximum Gasteiger partial charge on any atom is 0.161 e. The number of carbonyl (C=O) groups is 1. The highest BCUT2D eigenvalue weighted by Crippen LogP contribution is 2.07. The fraction of sp³-hybridized carbons (Fsp3) is 0.444. The van der Waals surface area contributed by atoms with E-state index in [1.807, 2.05) is 13.8 Å². The van der Waals surface area contributed by atoms with Crippen molar-refractivity contribution in [1.29, 1.82) is 0 Å². The van der Waals surface area contributed by atoms with Gasteiger partial charge in [-0.2, -0.15) is 10.2 Å². The highest BCUT2D eigenvalue weighted by Gasteiger charge is 2.07. The molecule has 12 heavy (non-hydrogen) atoms. The summed E-state index contributed by atoms with van der Waals surface area (Å²) in [4.78, 5) is 11.1. The maximum absolute atomic E-state index is 11.1. The van der Waals surface area contributed by atoms with Crippen LogP contribution in [0, 0.1) is 6.92 Å². The SMILES string of the molecule is CCc1nnc(C)cc1C(C)=O. The lowest BCUT2D eigenvalue weighted by atomic mass is 10.1. The zero-order valence-electron chi connectivity index (χ0n) is 7.59. The summed E-state index contributed by atoms with van der Waals surface area (Å²) in [5, 5.41) is 7.84. The van der Waals surface area contributed by atoms with Crippen LogP contribution in [0.5, 0.6) is 0 Å². The molecule has 0 aromatic carbocycles. The van der Waals surface area contributed by atoms with E-state index >= 15 is 0 Å². The van der Waals surface area contributed by atoms with Crippen molar-refractivity contribution in [1.82, 2.24) is 10.2 Å². The van der Waals surface area contributed by atoms with Crippen molar-refractivity contribution in [3.8, 4) is 0 Å². The molecule has 0 saturated carbocycles. The van der Waals surface area contributed by atoms with Crippen LogP contribution in [0.15, 0.2) is 6.07 Å². The highest BCUT2D eigenvalue weighted by atomic mass is 16.1. The Morgan fingerprint density at radius 1 is 1.50 bits per heavy atom. The Kier molecular flexibility index (Phi) is 2.53. The highest BCUT2D eigenvalue weighted by molar-refractivity contribution is 5.95. The topological polar surface area (TPSA) is 42.9 Å². The van der Waals surface area contributed by atoms with Gasteiger partial charge in [-0.1, -0.05) is 6.92 Å². The van der Waals surface area contributed by atoms with Gasteiger partial charge < -0.3 is 0 Å². The van der Waals surface area contributed by atoms with Gasteiger partial charge in [-0.05, 0) is 26.3 Å². The summed E-state index contributed by atoms with van der Waals surface area (Å²) in [7, 11) is 0. The van der Waals surface area contributed by atoms with Crippen molar-refractivity contribution in [2.24, 2.45) is 0 Å². The van der Waals surface area contributed by atoms with Crippen molar-refractivity contribution in [3.63, 3.8) is 0 Å². The average molecular weight is 164 g/mol. The standard InChI is InChI=1S/C9H12N2O/c1-4-9-8(7(3)12)5-6(2)10-11-9/h5H,4H2,1-3H3. The van der Waals surface area contributed by atoms with Crippen LogP contribution < -0.4 is 0 Å². The molecule has 0 saturated heterocycles. The Morgan fingerprint density at radius 2 is 2.17 bits per heavy atom. The third kappa shape index (κ3) is 1.67. The molecule has 0 aliphatic rings. The number of aryl methyl sites for hydroxylation is 2. The average Bonchev–Trinajstić information content (AvgIpc) is 2.04. The van der Waals surface area contributed by atoms with Gasteiger partial charge in [-0.15, -0.1) is 0 Å².